The van der Waals surface area contributed by atoms with E-state index in [1.165, 1.54) is 0 Å². The maximum Gasteiger partial charge on any atom is 0.124 e. The first-order chi connectivity index (χ1) is 22.8. The van der Waals surface area contributed by atoms with Crippen LogP contribution >= 0.6 is 0 Å². The Labute approximate surface area is 326 Å². The average molecular weight is 895 g/mol. The third kappa shape index (κ3) is 8.14. The SMILES string of the molecule is C[N+](C)(C)Cc1cc(C2=c3ccc([nH]3)=Cc3ccc([nH]3)C(c3ccc(O)c(C[N+](C)(C)C)c3)=c3ccc([nH]3)=Cc3ccc2[nH]3)ccc1O.[I-].[I-]. The smallest absolute Gasteiger partial charge is 0.124 e. The molecule has 0 unspecified atom stereocenters. The van der Waals surface area contributed by atoms with Crippen LogP contribution in [0.2, 0.25) is 0 Å². The molecule has 0 radical (unpaired) electrons. The molecule has 5 heterocycles. The predicted molar refractivity (Wildman–Crippen MR) is 192 cm³/mol. The van der Waals surface area contributed by atoms with E-state index in [4.69, 9.17) is 0 Å². The zero-order valence-corrected chi connectivity index (χ0v) is 33.5. The fourth-order valence-corrected chi connectivity index (χ4v) is 6.57. The van der Waals surface area contributed by atoms with Gasteiger partial charge in [0.1, 0.15) is 24.6 Å². The summed E-state index contributed by atoms with van der Waals surface area (Å²) in [6.07, 6.45) is 4.22. The molecule has 0 fully saturated rings. The van der Waals surface area contributed by atoms with Gasteiger partial charge < -0.3 is 87.1 Å². The standard InChI is InChI=1S/C40H42N6O2.2HI/c1-45(2,3)23-27-19-25(7-17-37(27)47)39-33-13-9-29(41-33)21-31-11-15-35(43-31)40(26-8-18-38(48)28(20-26)24-46(4,5)6)36-16-12-32(44-36)22-30-10-14-34(39)42-30;;/h7-22,41-44H,23-24H2,1-6H3;2*1H. The molecule has 1 aliphatic rings. The second-order valence-electron chi connectivity index (χ2n) is 14.9. The van der Waals surface area contributed by atoms with Crippen molar-refractivity contribution in [2.24, 2.45) is 0 Å². The minimum absolute atomic E-state index is 0. The van der Waals surface area contributed by atoms with E-state index in [-0.39, 0.29) is 48.0 Å². The van der Waals surface area contributed by atoms with Crippen molar-refractivity contribution in [1.29, 1.82) is 0 Å². The minimum Gasteiger partial charge on any atom is -1.00 e. The quantitative estimate of drug-likeness (QED) is 0.0810. The van der Waals surface area contributed by atoms with Crippen molar-refractivity contribution >= 4 is 23.3 Å². The Morgan fingerprint density at radius 3 is 1.26 bits per heavy atom. The van der Waals surface area contributed by atoms with E-state index >= 15 is 0 Å². The number of rotatable bonds is 6. The molecule has 6 aromatic rings. The molecule has 4 aromatic heterocycles. The Balaban J connectivity index is 0.00000243. The first-order valence-corrected chi connectivity index (χ1v) is 16.2. The molecule has 8 nitrogen and oxygen atoms in total. The summed E-state index contributed by atoms with van der Waals surface area (Å²) < 4.78 is 1.41. The number of fused-ring (bicyclic) bond motifs is 8. The number of hydrogen-bond acceptors (Lipinski definition) is 2. The first-order valence-electron chi connectivity index (χ1n) is 16.2. The van der Waals surface area contributed by atoms with Crippen molar-refractivity contribution in [2.45, 2.75) is 13.1 Å². The fourth-order valence-electron chi connectivity index (χ4n) is 6.57. The molecule has 0 amide bonds. The zero-order valence-electron chi connectivity index (χ0n) is 29.2. The maximum absolute atomic E-state index is 10.7. The van der Waals surface area contributed by atoms with Crippen LogP contribution in [-0.2, 0) is 13.1 Å². The summed E-state index contributed by atoms with van der Waals surface area (Å²) >= 11 is 0. The molecule has 1 aliphatic heterocycles. The van der Waals surface area contributed by atoms with Gasteiger partial charge in [0.25, 0.3) is 0 Å². The molecule has 10 heteroatoms. The molecule has 2 aromatic carbocycles. The van der Waals surface area contributed by atoms with Crippen LogP contribution in [0, 0.1) is 0 Å². The highest BCUT2D eigenvalue weighted by Crippen LogP contribution is 2.29. The van der Waals surface area contributed by atoms with Gasteiger partial charge in [-0.25, -0.2) is 0 Å². The number of H-pyrrole nitrogens is 4. The van der Waals surface area contributed by atoms with Gasteiger partial charge in [0.15, 0.2) is 0 Å². The Bertz CT molecular complexity index is 2250. The van der Waals surface area contributed by atoms with E-state index in [0.29, 0.717) is 33.6 Å². The molecule has 0 atom stereocenters. The molecule has 0 saturated carbocycles. The number of phenols is 2. The van der Waals surface area contributed by atoms with E-state index < -0.39 is 0 Å². The van der Waals surface area contributed by atoms with Crippen molar-refractivity contribution in [3.63, 3.8) is 0 Å². The second-order valence-corrected chi connectivity index (χ2v) is 14.9. The van der Waals surface area contributed by atoms with Crippen LogP contribution in [0.15, 0.2) is 84.9 Å². The third-order valence-electron chi connectivity index (χ3n) is 8.56. The highest BCUT2D eigenvalue weighted by Gasteiger charge is 2.18. The van der Waals surface area contributed by atoms with Crippen molar-refractivity contribution < 1.29 is 67.1 Å². The Morgan fingerprint density at radius 1 is 0.480 bits per heavy atom. The van der Waals surface area contributed by atoms with Crippen LogP contribution in [0.25, 0.3) is 23.3 Å². The average Bonchev–Trinajstić information content (AvgIpc) is 3.81. The monoisotopic (exact) mass is 894 g/mol. The van der Waals surface area contributed by atoms with Crippen LogP contribution in [0.3, 0.4) is 0 Å². The maximum atomic E-state index is 10.7. The van der Waals surface area contributed by atoms with Gasteiger partial charge in [-0.3, -0.25) is 0 Å². The van der Waals surface area contributed by atoms with Crippen molar-refractivity contribution in [3.05, 3.63) is 151 Å². The number of quaternary nitrogens is 2. The van der Waals surface area contributed by atoms with Gasteiger partial charge in [0, 0.05) is 66.4 Å². The van der Waals surface area contributed by atoms with Crippen molar-refractivity contribution in [3.8, 4) is 11.5 Å². The molecule has 6 N–H and O–H groups in total. The number of hydrogen-bond donors (Lipinski definition) is 6. The van der Waals surface area contributed by atoms with Gasteiger partial charge in [-0.1, -0.05) is 12.1 Å². The van der Waals surface area contributed by atoms with Gasteiger partial charge in [-0.15, -0.1) is 0 Å². The van der Waals surface area contributed by atoms with Gasteiger partial charge >= 0.3 is 0 Å². The number of benzene rings is 2. The number of aromatic amines is 4. The largest absolute Gasteiger partial charge is 1.00 e. The molecular formula is C40H44I2N6O2. The molecule has 8 bridgehead atoms. The molecule has 260 valence electrons. The first kappa shape index (κ1) is 37.3. The van der Waals surface area contributed by atoms with Crippen molar-refractivity contribution in [1.82, 2.24) is 19.9 Å². The molecule has 0 saturated heterocycles. The summed E-state index contributed by atoms with van der Waals surface area (Å²) in [4.78, 5) is 14.6. The lowest BCUT2D eigenvalue weighted by atomic mass is 9.99. The summed E-state index contributed by atoms with van der Waals surface area (Å²) in [5.41, 5.74) is 9.75. The van der Waals surface area contributed by atoms with Gasteiger partial charge in [0.2, 0.25) is 0 Å². The van der Waals surface area contributed by atoms with Crippen LogP contribution in [0.5, 0.6) is 11.5 Å². The zero-order chi connectivity index (χ0) is 33.8. The Kier molecular flexibility index (Phi) is 10.7. The summed E-state index contributed by atoms with van der Waals surface area (Å²) in [6, 6.07) is 28.6. The molecule has 0 spiro atoms. The van der Waals surface area contributed by atoms with Gasteiger partial charge in [0.05, 0.1) is 42.3 Å². The number of aromatic hydroxyl groups is 2. The van der Waals surface area contributed by atoms with E-state index in [2.05, 4.69) is 135 Å². The van der Waals surface area contributed by atoms with Crippen LogP contribution in [0.1, 0.15) is 45.0 Å². The lowest BCUT2D eigenvalue weighted by Crippen LogP contribution is -3.00. The highest BCUT2D eigenvalue weighted by molar-refractivity contribution is 5.80. The molecular weight excluding hydrogens is 850 g/mol. The predicted octanol–water partition coefficient (Wildman–Crippen LogP) is -2.70. The van der Waals surface area contributed by atoms with Gasteiger partial charge in [-0.2, -0.15) is 0 Å². The minimum atomic E-state index is 0. The van der Waals surface area contributed by atoms with E-state index in [9.17, 15) is 10.2 Å². The Hall–Kier alpha value is -3.98. The topological polar surface area (TPSA) is 104 Å². The number of aromatic nitrogens is 4. The van der Waals surface area contributed by atoms with Crippen LogP contribution in [-0.4, -0.2) is 81.4 Å². The number of nitrogens with one attached hydrogen (secondary N) is 4. The summed E-state index contributed by atoms with van der Waals surface area (Å²) in [5, 5.41) is 25.3. The number of phenolic OH excluding ortho intramolecular Hbond substituents is 2. The van der Waals surface area contributed by atoms with Gasteiger partial charge in [-0.05, 0) is 96.1 Å². The lowest BCUT2D eigenvalue weighted by Gasteiger charge is -2.24. The summed E-state index contributed by atoms with van der Waals surface area (Å²) in [5.74, 6) is 0.611. The Morgan fingerprint density at radius 2 is 0.880 bits per heavy atom. The van der Waals surface area contributed by atoms with E-state index in [0.717, 1.165) is 77.6 Å². The fraction of sp³-hybridized carbons (Fsp3) is 0.200. The normalized spacial score (nSPS) is 12.8. The van der Waals surface area contributed by atoms with E-state index in [1.54, 1.807) is 12.1 Å². The second kappa shape index (κ2) is 14.3. The van der Waals surface area contributed by atoms with Crippen LogP contribution in [0.4, 0.5) is 0 Å². The molecule has 7 rings (SSSR count). The number of nitrogens with zero attached hydrogens (tertiary/aromatic N) is 2. The molecule has 0 aliphatic carbocycles. The summed E-state index contributed by atoms with van der Waals surface area (Å²) in [6.45, 7) is 1.40. The number of halogens is 2. The van der Waals surface area contributed by atoms with E-state index in [1.807, 2.05) is 12.1 Å². The third-order valence-corrected chi connectivity index (χ3v) is 8.56. The molecule has 50 heavy (non-hydrogen) atoms. The highest BCUT2D eigenvalue weighted by atomic mass is 127. The van der Waals surface area contributed by atoms with Crippen LogP contribution < -0.4 is 69.3 Å². The summed E-state index contributed by atoms with van der Waals surface area (Å²) in [7, 11) is 12.7. The lowest BCUT2D eigenvalue weighted by molar-refractivity contribution is -0.884. The van der Waals surface area contributed by atoms with Crippen molar-refractivity contribution in [2.75, 3.05) is 42.3 Å².